The third kappa shape index (κ3) is 12.0. The Hall–Kier alpha value is -14.4. The Balaban J connectivity index is 0.914. The molecule has 6 nitrogen and oxygen atoms in total. The molecule has 602 valence electrons. The monoisotopic (exact) mass is 1610 g/mol. The molecule has 2 aliphatic heterocycles. The molecule has 0 spiro atoms. The molecule has 0 unspecified atom stereocenters. The van der Waals surface area contributed by atoms with Gasteiger partial charge in [-0.2, -0.15) is 0 Å². The maximum atomic E-state index is 2.76. The van der Waals surface area contributed by atoms with Gasteiger partial charge in [0.1, 0.15) is 0 Å². The number of rotatable bonds is 10. The van der Waals surface area contributed by atoms with Gasteiger partial charge in [0.15, 0.2) is 0 Å². The predicted octanol–water partition coefficient (Wildman–Crippen LogP) is 30.0. The highest BCUT2D eigenvalue weighted by Gasteiger charge is 2.47. The predicted molar refractivity (Wildman–Crippen MR) is 534 cm³/mol. The van der Waals surface area contributed by atoms with Gasteiger partial charge in [-0.25, -0.2) is 0 Å². The Bertz CT molecular complexity index is 7690. The van der Waals surface area contributed by atoms with Gasteiger partial charge in [0, 0.05) is 105 Å². The first-order chi connectivity index (χ1) is 60.6. The van der Waals surface area contributed by atoms with Crippen LogP contribution in [-0.2, 0) is 21.7 Å². The van der Waals surface area contributed by atoms with E-state index in [4.69, 9.17) is 0 Å². The van der Waals surface area contributed by atoms with Gasteiger partial charge in [-0.15, -0.1) is 0 Å². The number of fused-ring (bicyclic) bond motifs is 16. The van der Waals surface area contributed by atoms with Crippen LogP contribution in [0.3, 0.4) is 0 Å². The summed E-state index contributed by atoms with van der Waals surface area (Å²) in [7, 11) is 0. The summed E-state index contributed by atoms with van der Waals surface area (Å²) in [6.07, 6.45) is 0. The van der Waals surface area contributed by atoms with Crippen LogP contribution in [0.1, 0.15) is 105 Å². The average Bonchev–Trinajstić information content (AvgIpc) is 1.02. The van der Waals surface area contributed by atoms with Crippen LogP contribution < -0.4 is 26.2 Å². The van der Waals surface area contributed by atoms with E-state index in [0.29, 0.717) is 0 Å². The van der Waals surface area contributed by atoms with Crippen molar-refractivity contribution in [3.05, 3.63) is 392 Å². The minimum atomic E-state index is -0.343. The van der Waals surface area contributed by atoms with Crippen molar-refractivity contribution in [2.45, 2.75) is 105 Å². The van der Waals surface area contributed by atoms with Crippen molar-refractivity contribution in [3.8, 4) is 67.3 Å². The van der Waals surface area contributed by atoms with E-state index in [1.165, 1.54) is 92.8 Å². The summed E-state index contributed by atoms with van der Waals surface area (Å²) in [6, 6.07) is 142. The zero-order valence-corrected chi connectivity index (χ0v) is 73.0. The molecular formula is C118H97BN6. The lowest BCUT2D eigenvalue weighted by Crippen LogP contribution is -2.61. The minimum Gasteiger partial charge on any atom is -0.310 e. The van der Waals surface area contributed by atoms with Gasteiger partial charge in [-0.05, 0) is 216 Å². The maximum absolute atomic E-state index is 2.76. The second kappa shape index (κ2) is 28.1. The Morgan fingerprint density at radius 3 is 0.760 bits per heavy atom. The Labute approximate surface area is 731 Å². The van der Waals surface area contributed by atoms with Gasteiger partial charge in [-0.1, -0.05) is 320 Å². The molecule has 0 radical (unpaired) electrons. The zero-order valence-electron chi connectivity index (χ0n) is 73.0. The number of benzene rings is 17. The van der Waals surface area contributed by atoms with Gasteiger partial charge in [0.05, 0.1) is 61.2 Å². The summed E-state index contributed by atoms with van der Waals surface area (Å²) in [5.74, 6) is 0. The molecular weight excluding hydrogens is 1510 g/mol. The summed E-state index contributed by atoms with van der Waals surface area (Å²) in [5, 5.41) is 9.73. The van der Waals surface area contributed by atoms with E-state index in [1.54, 1.807) is 0 Å². The Morgan fingerprint density at radius 1 is 0.192 bits per heavy atom. The minimum absolute atomic E-state index is 0.130. The molecule has 7 heteroatoms. The molecule has 0 N–H and O–H groups in total. The third-order valence-corrected chi connectivity index (χ3v) is 27.1. The third-order valence-electron chi connectivity index (χ3n) is 27.1. The summed E-state index contributed by atoms with van der Waals surface area (Å²) in [6.45, 7) is 28.0. The van der Waals surface area contributed by atoms with Crippen LogP contribution in [0.15, 0.2) is 370 Å². The van der Waals surface area contributed by atoms with Crippen LogP contribution in [0.2, 0.25) is 0 Å². The van der Waals surface area contributed by atoms with Crippen molar-refractivity contribution in [2.24, 2.45) is 0 Å². The topological polar surface area (TPSA) is 26.2 Å². The first-order valence-electron chi connectivity index (χ1n) is 44.3. The molecule has 2 aliphatic rings. The van der Waals surface area contributed by atoms with E-state index in [1.807, 2.05) is 0 Å². The number of anilines is 6. The summed E-state index contributed by atoms with van der Waals surface area (Å²) in [5.41, 5.74) is 37.1. The first-order valence-corrected chi connectivity index (χ1v) is 44.3. The van der Waals surface area contributed by atoms with Crippen molar-refractivity contribution in [1.82, 2.24) is 18.3 Å². The average molecular weight is 1610 g/mol. The van der Waals surface area contributed by atoms with Crippen LogP contribution in [0, 0.1) is 0 Å². The highest BCUT2D eigenvalue weighted by molar-refractivity contribution is 7.00. The van der Waals surface area contributed by atoms with Crippen molar-refractivity contribution in [2.75, 3.05) is 9.80 Å². The van der Waals surface area contributed by atoms with E-state index in [2.05, 4.69) is 481 Å². The Morgan fingerprint density at radius 2 is 0.440 bits per heavy atom. The second-order valence-corrected chi connectivity index (χ2v) is 38.9. The molecule has 0 saturated carbocycles. The van der Waals surface area contributed by atoms with Gasteiger partial charge < -0.3 is 28.1 Å². The molecule has 21 aromatic rings. The number of para-hydroxylation sites is 5. The van der Waals surface area contributed by atoms with Gasteiger partial charge in [0.2, 0.25) is 0 Å². The van der Waals surface area contributed by atoms with Crippen LogP contribution in [0.4, 0.5) is 34.1 Å². The summed E-state index contributed by atoms with van der Waals surface area (Å²) >= 11 is 0. The molecule has 0 saturated heterocycles. The van der Waals surface area contributed by atoms with Crippen molar-refractivity contribution in [3.63, 3.8) is 0 Å². The molecule has 4 aromatic heterocycles. The van der Waals surface area contributed by atoms with E-state index < -0.39 is 0 Å². The van der Waals surface area contributed by atoms with Crippen LogP contribution in [-0.4, -0.2) is 25.0 Å². The molecule has 0 atom stereocenters. The number of hydrogen-bond acceptors (Lipinski definition) is 2. The molecule has 125 heavy (non-hydrogen) atoms. The number of hydrogen-bond donors (Lipinski definition) is 0. The fraction of sp³-hybridized carbons (Fsp3) is 0.136. The van der Waals surface area contributed by atoms with Crippen LogP contribution in [0.25, 0.3) is 154 Å². The van der Waals surface area contributed by atoms with E-state index in [0.717, 1.165) is 134 Å². The largest absolute Gasteiger partial charge is 0.310 e. The normalized spacial score (nSPS) is 13.1. The summed E-state index contributed by atoms with van der Waals surface area (Å²) < 4.78 is 10.2. The number of aromatic nitrogens is 4. The fourth-order valence-corrected chi connectivity index (χ4v) is 20.8. The molecule has 17 aromatic carbocycles. The molecule has 0 fully saturated rings. The van der Waals surface area contributed by atoms with Gasteiger partial charge >= 0.3 is 0 Å². The maximum Gasteiger partial charge on any atom is 0.252 e. The lowest BCUT2D eigenvalue weighted by molar-refractivity contribution is 0.590. The second-order valence-electron chi connectivity index (χ2n) is 38.9. The van der Waals surface area contributed by atoms with E-state index >= 15 is 0 Å². The highest BCUT2D eigenvalue weighted by atomic mass is 15.2. The van der Waals surface area contributed by atoms with Crippen molar-refractivity contribution in [1.29, 1.82) is 0 Å². The van der Waals surface area contributed by atoms with Crippen molar-refractivity contribution < 1.29 is 0 Å². The van der Waals surface area contributed by atoms with Crippen molar-refractivity contribution >= 4 is 144 Å². The van der Waals surface area contributed by atoms with Gasteiger partial charge in [-0.3, -0.25) is 0 Å². The zero-order chi connectivity index (χ0) is 84.8. The first kappa shape index (κ1) is 75.6. The molecule has 0 amide bonds. The van der Waals surface area contributed by atoms with E-state index in [-0.39, 0.29) is 28.4 Å². The molecule has 0 aliphatic carbocycles. The van der Waals surface area contributed by atoms with E-state index in [9.17, 15) is 0 Å². The quantitative estimate of drug-likeness (QED) is 0.128. The van der Waals surface area contributed by atoms with Crippen LogP contribution >= 0.6 is 0 Å². The Kier molecular flexibility index (Phi) is 17.0. The van der Waals surface area contributed by atoms with Gasteiger partial charge in [0.25, 0.3) is 6.71 Å². The smallest absolute Gasteiger partial charge is 0.252 e. The number of nitrogens with zero attached hydrogens (tertiary/aromatic N) is 6. The lowest BCUT2D eigenvalue weighted by Gasteiger charge is -2.46. The molecule has 23 rings (SSSR count). The lowest BCUT2D eigenvalue weighted by atomic mass is 9.33. The highest BCUT2D eigenvalue weighted by Crippen LogP contribution is 2.57. The summed E-state index contributed by atoms with van der Waals surface area (Å²) in [4.78, 5) is 5.52. The standard InChI is InChI=1S/C118H97BN6/c1-115(2,3)78-53-60-105-95(63-78)96-64-79(116(4,5)6)54-61-106(96)123(105)85-72-110-112-111(73-85)125(114-93(76-39-21-15-22-40-76)67-81(118(10,11)12)68-94(114)77-41-23-16-24-42-77)109-71-84(122-104-52-34-29-47-90(104)97-69-82(57-62-107(97)122)120-100-48-30-25-43-86(100)87-44-26-31-49-101(87)120)56-59-99(109)119(112)98-58-55-83(121-102-50-32-27-45-88(102)89-46-28-33-51-103(89)121)70-108(98)124(110)113-91(74-35-17-13-18-36-74)65-80(117(7,8)9)66-92(113)75-37-19-14-20-38-75/h13-73H,1-12H3. The molecule has 6 heterocycles. The molecule has 0 bridgehead atoms. The SMILES string of the molecule is CC(C)(C)c1cc(-c2ccccc2)c(N2c3cc(-n4c5ccccc5c5ccccc54)ccc3B3c4ccc(-n5c6ccccc6c6cc(-n7c8ccccc8c8ccccc87)ccc65)cc4N(c4c(-c5ccccc5)cc(C(C)(C)C)cc4-c4ccccc4)c4cc(-n5c6ccc(C(C)(C)C)cc6c6cc(C(C)(C)C)ccc65)cc2c43)c(-c2ccccc2)c1. The van der Waals surface area contributed by atoms with Crippen LogP contribution in [0.5, 0.6) is 0 Å². The fourth-order valence-electron chi connectivity index (χ4n) is 20.8.